The molecule has 0 unspecified atom stereocenters. The lowest BCUT2D eigenvalue weighted by Crippen LogP contribution is -2.63. The Balaban J connectivity index is 1.57. The van der Waals surface area contributed by atoms with Gasteiger partial charge in [0, 0.05) is 19.7 Å². The van der Waals surface area contributed by atoms with E-state index in [1.54, 1.807) is 7.11 Å². The topological polar surface area (TPSA) is 55.4 Å². The van der Waals surface area contributed by atoms with Crippen molar-refractivity contribution in [3.63, 3.8) is 0 Å². The zero-order chi connectivity index (χ0) is 17.8. The van der Waals surface area contributed by atoms with Gasteiger partial charge in [0.15, 0.2) is 0 Å². The third-order valence-corrected chi connectivity index (χ3v) is 7.97. The van der Waals surface area contributed by atoms with Gasteiger partial charge in [-0.15, -0.1) is 0 Å². The van der Waals surface area contributed by atoms with Gasteiger partial charge < -0.3 is 4.74 Å². The van der Waals surface area contributed by atoms with E-state index in [-0.39, 0.29) is 11.4 Å². The van der Waals surface area contributed by atoms with Crippen LogP contribution in [-0.4, -0.2) is 27.7 Å². The summed E-state index contributed by atoms with van der Waals surface area (Å²) in [5.41, 5.74) is -0.508. The van der Waals surface area contributed by atoms with Gasteiger partial charge in [0.2, 0.25) is 10.0 Å². The van der Waals surface area contributed by atoms with Gasteiger partial charge in [-0.05, 0) is 67.9 Å². The second-order valence-corrected chi connectivity index (χ2v) is 9.66. The number of ether oxygens (including phenoxy) is 1. The van der Waals surface area contributed by atoms with Crippen LogP contribution in [0.15, 0.2) is 23.1 Å². The average Bonchev–Trinajstić information content (AvgIpc) is 2.53. The molecule has 0 saturated heterocycles. The highest BCUT2D eigenvalue weighted by atomic mass is 32.2. The van der Waals surface area contributed by atoms with Crippen LogP contribution in [0.5, 0.6) is 0 Å². The van der Waals surface area contributed by atoms with Crippen LogP contribution in [0.1, 0.15) is 32.1 Å². The highest BCUT2D eigenvalue weighted by Crippen LogP contribution is 2.59. The number of nitrogens with one attached hydrogen (secondary N) is 1. The van der Waals surface area contributed by atoms with Crippen molar-refractivity contribution in [1.82, 2.24) is 4.72 Å². The van der Waals surface area contributed by atoms with Gasteiger partial charge in [0.25, 0.3) is 0 Å². The zero-order valence-electron chi connectivity index (χ0n) is 14.2. The molecule has 4 nitrogen and oxygen atoms in total. The van der Waals surface area contributed by atoms with Crippen LogP contribution in [0, 0.1) is 35.3 Å². The SMILES string of the molecule is COC1(CNS(=O)(=O)c2cc(F)cc(F)c2)C2CC3CC(C2)CC1C3. The molecule has 4 aliphatic rings. The molecule has 138 valence electrons. The summed E-state index contributed by atoms with van der Waals surface area (Å²) in [5.74, 6) is 0.355. The van der Waals surface area contributed by atoms with Gasteiger partial charge in [-0.25, -0.2) is 21.9 Å². The molecular weight excluding hydrogens is 348 g/mol. The summed E-state index contributed by atoms with van der Waals surface area (Å²) in [7, 11) is -2.34. The Morgan fingerprint density at radius 3 is 2.04 bits per heavy atom. The summed E-state index contributed by atoms with van der Waals surface area (Å²) in [5, 5.41) is 0. The monoisotopic (exact) mass is 371 g/mol. The molecule has 25 heavy (non-hydrogen) atoms. The van der Waals surface area contributed by atoms with Crippen LogP contribution >= 0.6 is 0 Å². The van der Waals surface area contributed by atoms with E-state index in [2.05, 4.69) is 4.72 Å². The van der Waals surface area contributed by atoms with Crippen molar-refractivity contribution in [3.05, 3.63) is 29.8 Å². The number of rotatable bonds is 5. The molecule has 7 heteroatoms. The number of hydrogen-bond acceptors (Lipinski definition) is 3. The number of halogens is 2. The van der Waals surface area contributed by atoms with Crippen molar-refractivity contribution in [2.75, 3.05) is 13.7 Å². The van der Waals surface area contributed by atoms with E-state index in [1.807, 2.05) is 0 Å². The van der Waals surface area contributed by atoms with Gasteiger partial charge in [-0.3, -0.25) is 0 Å². The van der Waals surface area contributed by atoms with Crippen LogP contribution in [0.3, 0.4) is 0 Å². The third kappa shape index (κ3) is 2.90. The summed E-state index contributed by atoms with van der Waals surface area (Å²) in [4.78, 5) is -0.389. The zero-order valence-corrected chi connectivity index (χ0v) is 15.0. The standard InChI is InChI=1S/C18H23F2NO3S/c1-24-18(13-3-11-2-12(5-13)6-14(18)4-11)10-21-25(22,23)17-8-15(19)7-16(20)9-17/h7-9,11-14,21H,2-6,10H2,1H3. The molecule has 0 atom stereocenters. The third-order valence-electron chi connectivity index (χ3n) is 6.59. The number of benzene rings is 1. The molecular formula is C18H23F2NO3S. The van der Waals surface area contributed by atoms with Crippen LogP contribution < -0.4 is 4.72 Å². The number of sulfonamides is 1. The molecule has 4 aliphatic carbocycles. The predicted octanol–water partition coefficient (Wildman–Crippen LogP) is 3.08. The fraction of sp³-hybridized carbons (Fsp3) is 0.667. The molecule has 0 aromatic heterocycles. The van der Waals surface area contributed by atoms with Crippen LogP contribution in [0.4, 0.5) is 8.78 Å². The molecule has 4 bridgehead atoms. The van der Waals surface area contributed by atoms with Crippen molar-refractivity contribution in [2.24, 2.45) is 23.7 Å². The molecule has 0 amide bonds. The summed E-state index contributed by atoms with van der Waals surface area (Å²) >= 11 is 0. The Kier molecular flexibility index (Phi) is 4.16. The lowest BCUT2D eigenvalue weighted by atomic mass is 9.50. The first-order valence-corrected chi connectivity index (χ1v) is 10.3. The maximum atomic E-state index is 13.4. The quantitative estimate of drug-likeness (QED) is 0.865. The number of methoxy groups -OCH3 is 1. The Hall–Kier alpha value is -1.05. The van der Waals surface area contributed by atoms with Gasteiger partial charge >= 0.3 is 0 Å². The highest BCUT2D eigenvalue weighted by molar-refractivity contribution is 7.89. The Morgan fingerprint density at radius 2 is 1.56 bits per heavy atom. The smallest absolute Gasteiger partial charge is 0.240 e. The van der Waals surface area contributed by atoms with Crippen LogP contribution in [-0.2, 0) is 14.8 Å². The van der Waals surface area contributed by atoms with Crippen molar-refractivity contribution < 1.29 is 21.9 Å². The van der Waals surface area contributed by atoms with Crippen molar-refractivity contribution in [2.45, 2.75) is 42.6 Å². The minimum absolute atomic E-state index is 0.152. The van der Waals surface area contributed by atoms with Crippen LogP contribution in [0.2, 0.25) is 0 Å². The minimum Gasteiger partial charge on any atom is -0.376 e. The maximum absolute atomic E-state index is 13.4. The van der Waals surface area contributed by atoms with E-state index in [9.17, 15) is 17.2 Å². The van der Waals surface area contributed by atoms with Crippen molar-refractivity contribution in [1.29, 1.82) is 0 Å². The first kappa shape index (κ1) is 17.4. The molecule has 5 rings (SSSR count). The lowest BCUT2D eigenvalue weighted by molar-refractivity contribution is -0.185. The highest BCUT2D eigenvalue weighted by Gasteiger charge is 2.57. The first-order valence-electron chi connectivity index (χ1n) is 8.83. The molecule has 0 aliphatic heterocycles. The van der Waals surface area contributed by atoms with Gasteiger partial charge in [-0.2, -0.15) is 0 Å². The van der Waals surface area contributed by atoms with Gasteiger partial charge in [0.1, 0.15) is 11.6 Å². The summed E-state index contributed by atoms with van der Waals surface area (Å²) in [6.07, 6.45) is 5.61. The largest absolute Gasteiger partial charge is 0.376 e. The van der Waals surface area contributed by atoms with E-state index in [0.29, 0.717) is 17.9 Å². The predicted molar refractivity (Wildman–Crippen MR) is 88.3 cm³/mol. The second kappa shape index (κ2) is 5.99. The van der Waals surface area contributed by atoms with E-state index >= 15 is 0 Å². The number of hydrogen-bond donors (Lipinski definition) is 1. The molecule has 0 heterocycles. The molecule has 1 aromatic carbocycles. The second-order valence-electron chi connectivity index (χ2n) is 7.89. The summed E-state index contributed by atoms with van der Waals surface area (Å²) in [6.45, 7) is 0.152. The van der Waals surface area contributed by atoms with Crippen LogP contribution in [0.25, 0.3) is 0 Å². The average molecular weight is 371 g/mol. The molecule has 1 aromatic rings. The Labute approximate surface area is 147 Å². The molecule has 0 spiro atoms. The minimum atomic E-state index is -4.00. The maximum Gasteiger partial charge on any atom is 0.240 e. The normalized spacial score (nSPS) is 36.8. The Morgan fingerprint density at radius 1 is 1.04 bits per heavy atom. The van der Waals surface area contributed by atoms with E-state index in [0.717, 1.165) is 49.7 Å². The summed E-state index contributed by atoms with van der Waals surface area (Å²) < 4.78 is 60.3. The molecule has 4 fully saturated rings. The fourth-order valence-electron chi connectivity index (χ4n) is 5.65. The summed E-state index contributed by atoms with van der Waals surface area (Å²) in [6, 6.07) is 2.33. The van der Waals surface area contributed by atoms with E-state index < -0.39 is 27.3 Å². The molecule has 1 N–H and O–H groups in total. The van der Waals surface area contributed by atoms with E-state index in [4.69, 9.17) is 4.74 Å². The van der Waals surface area contributed by atoms with E-state index in [1.165, 1.54) is 6.42 Å². The van der Waals surface area contributed by atoms with Gasteiger partial charge in [0.05, 0.1) is 10.5 Å². The van der Waals surface area contributed by atoms with Gasteiger partial charge in [-0.1, -0.05) is 0 Å². The Bertz CT molecular complexity index is 732. The first-order chi connectivity index (χ1) is 11.8. The van der Waals surface area contributed by atoms with Crippen molar-refractivity contribution in [3.8, 4) is 0 Å². The molecule has 0 radical (unpaired) electrons. The molecule has 4 saturated carbocycles. The van der Waals surface area contributed by atoms with Crippen molar-refractivity contribution >= 4 is 10.0 Å². The lowest BCUT2D eigenvalue weighted by Gasteiger charge is -2.60. The fourth-order valence-corrected chi connectivity index (χ4v) is 6.77.